The summed E-state index contributed by atoms with van der Waals surface area (Å²) in [7, 11) is -2.23. The third kappa shape index (κ3) is 4.08. The Balaban J connectivity index is 2.15. The van der Waals surface area contributed by atoms with Crippen LogP contribution in [0.15, 0.2) is 30.3 Å². The normalized spacial score (nSPS) is 23.6. The van der Waals surface area contributed by atoms with E-state index in [1.807, 2.05) is 25.1 Å². The minimum absolute atomic E-state index is 0.294. The summed E-state index contributed by atoms with van der Waals surface area (Å²) in [5.74, 6) is -0.294. The monoisotopic (exact) mass is 341 g/mol. The smallest absolute Gasteiger partial charge is 0.255 e. The van der Waals surface area contributed by atoms with Crippen molar-refractivity contribution < 1.29 is 17.9 Å². The number of likely N-dealkylation sites (tertiary alicyclic amines) is 1. The highest BCUT2D eigenvalue weighted by Crippen LogP contribution is 2.29. The van der Waals surface area contributed by atoms with Crippen LogP contribution in [0.1, 0.15) is 19.8 Å². The number of anilines is 1. The highest BCUT2D eigenvalue weighted by Gasteiger charge is 2.44. The summed E-state index contributed by atoms with van der Waals surface area (Å²) < 4.78 is 28.8. The molecule has 0 saturated carbocycles. The second-order valence-corrected chi connectivity index (χ2v) is 7.25. The van der Waals surface area contributed by atoms with Crippen LogP contribution in [0.25, 0.3) is 0 Å². The first-order chi connectivity index (χ1) is 10.9. The molecule has 7 nitrogen and oxygen atoms in total. The van der Waals surface area contributed by atoms with E-state index < -0.39 is 21.5 Å². The van der Waals surface area contributed by atoms with Crippen LogP contribution in [0, 0.1) is 0 Å². The standard InChI is InChI=1S/C15H23N3O4S/c1-3-18-12(9-10-13(18)23(16,20)21)14(22-2)15(19)17-11-7-5-4-6-8-11/h4-8,12-14H,3,9-10H2,1-2H3,(H,17,19)(H2,16,20,21). The number of nitrogens with one attached hydrogen (secondary N) is 1. The van der Waals surface area contributed by atoms with Crippen molar-refractivity contribution in [2.75, 3.05) is 19.0 Å². The Hall–Kier alpha value is -1.48. The maximum atomic E-state index is 12.5. The van der Waals surface area contributed by atoms with Gasteiger partial charge in [-0.3, -0.25) is 9.69 Å². The average Bonchev–Trinajstić information content (AvgIpc) is 2.93. The first-order valence-electron chi connectivity index (χ1n) is 7.54. The highest BCUT2D eigenvalue weighted by atomic mass is 32.2. The molecule has 0 bridgehead atoms. The van der Waals surface area contributed by atoms with Gasteiger partial charge in [-0.25, -0.2) is 13.6 Å². The number of carbonyl (C=O) groups is 1. The lowest BCUT2D eigenvalue weighted by Gasteiger charge is -2.31. The molecule has 1 saturated heterocycles. The number of benzene rings is 1. The zero-order chi connectivity index (χ0) is 17.0. The van der Waals surface area contributed by atoms with Crippen LogP contribution in [-0.2, 0) is 19.6 Å². The zero-order valence-corrected chi connectivity index (χ0v) is 14.1. The molecule has 8 heteroatoms. The van der Waals surface area contributed by atoms with Crippen LogP contribution >= 0.6 is 0 Å². The largest absolute Gasteiger partial charge is 0.370 e. The van der Waals surface area contributed by atoms with Crippen LogP contribution in [0.3, 0.4) is 0 Å². The number of nitrogens with two attached hydrogens (primary N) is 1. The van der Waals surface area contributed by atoms with Gasteiger partial charge in [-0.15, -0.1) is 0 Å². The van der Waals surface area contributed by atoms with Crippen LogP contribution in [0.5, 0.6) is 0 Å². The Morgan fingerprint density at radius 3 is 2.57 bits per heavy atom. The van der Waals surface area contributed by atoms with Gasteiger partial charge in [0.25, 0.3) is 5.91 Å². The molecule has 3 N–H and O–H groups in total. The summed E-state index contributed by atoms with van der Waals surface area (Å²) in [5.41, 5.74) is 0.670. The van der Waals surface area contributed by atoms with Crippen molar-refractivity contribution in [1.82, 2.24) is 4.90 Å². The minimum atomic E-state index is -3.68. The van der Waals surface area contributed by atoms with E-state index >= 15 is 0 Å². The van der Waals surface area contributed by atoms with E-state index in [0.717, 1.165) is 0 Å². The molecule has 2 rings (SSSR count). The van der Waals surface area contributed by atoms with E-state index in [9.17, 15) is 13.2 Å². The average molecular weight is 341 g/mol. The topological polar surface area (TPSA) is 102 Å². The maximum Gasteiger partial charge on any atom is 0.255 e. The van der Waals surface area contributed by atoms with Crippen molar-refractivity contribution in [1.29, 1.82) is 0 Å². The van der Waals surface area contributed by atoms with Gasteiger partial charge in [0.05, 0.1) is 0 Å². The van der Waals surface area contributed by atoms with E-state index in [2.05, 4.69) is 5.32 Å². The lowest BCUT2D eigenvalue weighted by molar-refractivity contribution is -0.129. The fourth-order valence-electron chi connectivity index (χ4n) is 3.15. The number of amides is 1. The number of nitrogens with zero attached hydrogens (tertiary/aromatic N) is 1. The molecule has 3 atom stereocenters. The van der Waals surface area contributed by atoms with Crippen molar-refractivity contribution in [3.05, 3.63) is 30.3 Å². The molecule has 0 aliphatic carbocycles. The quantitative estimate of drug-likeness (QED) is 0.794. The van der Waals surface area contributed by atoms with Gasteiger partial charge in [0.2, 0.25) is 10.0 Å². The first-order valence-corrected chi connectivity index (χ1v) is 9.15. The zero-order valence-electron chi connectivity index (χ0n) is 13.3. The fraction of sp³-hybridized carbons (Fsp3) is 0.533. The summed E-state index contributed by atoms with van der Waals surface area (Å²) in [6.07, 6.45) is 0.174. The second kappa shape index (κ2) is 7.39. The van der Waals surface area contributed by atoms with Crippen LogP contribution < -0.4 is 10.5 Å². The third-order valence-corrected chi connectivity index (χ3v) is 5.42. The van der Waals surface area contributed by atoms with Gasteiger partial charge >= 0.3 is 0 Å². The van der Waals surface area contributed by atoms with Gasteiger partial charge in [0.1, 0.15) is 5.37 Å². The third-order valence-electron chi connectivity index (χ3n) is 4.15. The molecule has 1 fully saturated rings. The van der Waals surface area contributed by atoms with Gasteiger partial charge in [-0.2, -0.15) is 0 Å². The number of likely N-dealkylation sites (N-methyl/N-ethyl adjacent to an activating group) is 1. The van der Waals surface area contributed by atoms with Crippen molar-refractivity contribution in [3.63, 3.8) is 0 Å². The summed E-state index contributed by atoms with van der Waals surface area (Å²) in [6, 6.07) is 8.74. The summed E-state index contributed by atoms with van der Waals surface area (Å²) in [5, 5.41) is 7.33. The Morgan fingerprint density at radius 2 is 2.04 bits per heavy atom. The number of hydrogen-bond donors (Lipinski definition) is 2. The van der Waals surface area contributed by atoms with Crippen LogP contribution in [0.4, 0.5) is 5.69 Å². The van der Waals surface area contributed by atoms with Gasteiger partial charge in [0.15, 0.2) is 6.10 Å². The molecule has 128 valence electrons. The molecule has 1 aliphatic heterocycles. The molecule has 23 heavy (non-hydrogen) atoms. The van der Waals surface area contributed by atoms with Crippen LogP contribution in [-0.4, -0.2) is 50.4 Å². The van der Waals surface area contributed by atoms with Crippen molar-refractivity contribution >= 4 is 21.6 Å². The van der Waals surface area contributed by atoms with E-state index in [0.29, 0.717) is 25.1 Å². The molecule has 0 aromatic heterocycles. The van der Waals surface area contributed by atoms with Gasteiger partial charge in [-0.1, -0.05) is 25.1 Å². The number of hydrogen-bond acceptors (Lipinski definition) is 5. The number of rotatable bonds is 6. The van der Waals surface area contributed by atoms with Crippen LogP contribution in [0.2, 0.25) is 0 Å². The Bertz CT molecular complexity index is 635. The van der Waals surface area contributed by atoms with Gasteiger partial charge in [0, 0.05) is 18.8 Å². The maximum absolute atomic E-state index is 12.5. The number of para-hydroxylation sites is 1. The second-order valence-electron chi connectivity index (χ2n) is 5.53. The Labute approximate surface area is 136 Å². The van der Waals surface area contributed by atoms with E-state index in [4.69, 9.17) is 9.88 Å². The van der Waals surface area contributed by atoms with Crippen molar-refractivity contribution in [2.45, 2.75) is 37.3 Å². The van der Waals surface area contributed by atoms with Gasteiger partial charge < -0.3 is 10.1 Å². The number of sulfonamides is 1. The lowest BCUT2D eigenvalue weighted by Crippen LogP contribution is -2.51. The number of primary sulfonamides is 1. The SMILES string of the molecule is CCN1C(C(OC)C(=O)Nc2ccccc2)CCC1S(N)(=O)=O. The van der Waals surface area contributed by atoms with E-state index in [1.165, 1.54) is 7.11 Å². The molecular weight excluding hydrogens is 318 g/mol. The molecule has 3 unspecified atom stereocenters. The Morgan fingerprint density at radius 1 is 1.39 bits per heavy atom. The predicted octanol–water partition coefficient (Wildman–Crippen LogP) is 0.739. The van der Waals surface area contributed by atoms with Crippen molar-refractivity contribution in [3.8, 4) is 0 Å². The first kappa shape index (κ1) is 17.9. The molecule has 1 aromatic carbocycles. The lowest BCUT2D eigenvalue weighted by atomic mass is 10.1. The molecule has 1 amide bonds. The predicted molar refractivity (Wildman–Crippen MR) is 88.2 cm³/mol. The van der Waals surface area contributed by atoms with Crippen molar-refractivity contribution in [2.24, 2.45) is 5.14 Å². The molecule has 1 aromatic rings. The highest BCUT2D eigenvalue weighted by molar-refractivity contribution is 7.89. The van der Waals surface area contributed by atoms with Gasteiger partial charge in [-0.05, 0) is 31.5 Å². The minimum Gasteiger partial charge on any atom is -0.370 e. The number of methoxy groups -OCH3 is 1. The Kier molecular flexibility index (Phi) is 5.74. The molecule has 1 aliphatic rings. The summed E-state index contributed by atoms with van der Waals surface area (Å²) in [4.78, 5) is 14.2. The fourth-order valence-corrected chi connectivity index (χ4v) is 4.30. The molecule has 1 heterocycles. The van der Waals surface area contributed by atoms with E-state index in [-0.39, 0.29) is 11.9 Å². The van der Waals surface area contributed by atoms with E-state index in [1.54, 1.807) is 17.0 Å². The summed E-state index contributed by atoms with van der Waals surface area (Å²) in [6.45, 7) is 2.32. The molecule has 0 radical (unpaired) electrons. The summed E-state index contributed by atoms with van der Waals surface area (Å²) >= 11 is 0. The molecule has 0 spiro atoms. The molecular formula is C15H23N3O4S. The number of carbonyl (C=O) groups excluding carboxylic acids is 1. The number of ether oxygens (including phenoxy) is 1.